The minimum Gasteiger partial charge on any atom is -0.465 e. The smallest absolute Gasteiger partial charge is 0.465 e. The summed E-state index contributed by atoms with van der Waals surface area (Å²) >= 11 is 0. The average molecular weight is 345 g/mol. The molecule has 1 saturated heterocycles. The van der Waals surface area contributed by atoms with Gasteiger partial charge in [-0.2, -0.15) is 0 Å². The Morgan fingerprint density at radius 2 is 1.88 bits per heavy atom. The molecule has 1 aromatic heterocycles. The molecule has 0 saturated carbocycles. The zero-order valence-corrected chi connectivity index (χ0v) is 15.0. The summed E-state index contributed by atoms with van der Waals surface area (Å²) in [6.07, 6.45) is 3.04. The summed E-state index contributed by atoms with van der Waals surface area (Å²) < 4.78 is 30.9. The van der Waals surface area contributed by atoms with Gasteiger partial charge in [0.2, 0.25) is 0 Å². The second kappa shape index (κ2) is 6.00. The van der Waals surface area contributed by atoms with Gasteiger partial charge in [-0.05, 0) is 52.0 Å². The summed E-state index contributed by atoms with van der Waals surface area (Å²) in [5, 5.41) is 0.717. The predicted octanol–water partition coefficient (Wildman–Crippen LogP) is 3.90. The van der Waals surface area contributed by atoms with Gasteiger partial charge < -0.3 is 19.0 Å². The Morgan fingerprint density at radius 3 is 2.48 bits per heavy atom. The van der Waals surface area contributed by atoms with E-state index in [0.29, 0.717) is 11.1 Å². The molecule has 1 N–H and O–H groups in total. The fourth-order valence-corrected chi connectivity index (χ4v) is 2.68. The minimum atomic E-state index is -1.06. The molecule has 3 rings (SSSR count). The number of hydrogen-bond donors (Lipinski definition) is 1. The second-order valence-corrected chi connectivity index (χ2v) is 7.11. The molecular formula is C18H21BFNO4. The van der Waals surface area contributed by atoms with Crippen LogP contribution in [0.4, 0.5) is 4.39 Å². The van der Waals surface area contributed by atoms with Crippen molar-refractivity contribution in [3.8, 4) is 0 Å². The molecule has 132 valence electrons. The molecule has 0 spiro atoms. The first kappa shape index (κ1) is 17.7. The van der Waals surface area contributed by atoms with Gasteiger partial charge >= 0.3 is 13.1 Å². The number of carbonyl (C=O) groups is 1. The van der Waals surface area contributed by atoms with Gasteiger partial charge in [-0.3, -0.25) is 0 Å². The summed E-state index contributed by atoms with van der Waals surface area (Å²) in [5.74, 6) is -0.440. The minimum absolute atomic E-state index is 0.403. The second-order valence-electron chi connectivity index (χ2n) is 7.11. The van der Waals surface area contributed by atoms with Crippen molar-refractivity contribution in [2.75, 3.05) is 7.11 Å². The van der Waals surface area contributed by atoms with Crippen LogP contribution in [0.15, 0.2) is 30.1 Å². The molecular weight excluding hydrogens is 324 g/mol. The molecule has 0 amide bonds. The molecule has 2 heterocycles. The van der Waals surface area contributed by atoms with E-state index >= 15 is 0 Å². The van der Waals surface area contributed by atoms with E-state index in [1.54, 1.807) is 24.4 Å². The maximum atomic E-state index is 14.7. The maximum Gasteiger partial charge on any atom is 0.525 e. The van der Waals surface area contributed by atoms with Crippen LogP contribution >= 0.6 is 0 Å². The fraction of sp³-hybridized carbons (Fsp3) is 0.389. The number of aromatic nitrogens is 1. The largest absolute Gasteiger partial charge is 0.525 e. The molecule has 25 heavy (non-hydrogen) atoms. The number of ether oxygens (including phenoxy) is 1. The van der Waals surface area contributed by atoms with Crippen molar-refractivity contribution in [1.29, 1.82) is 0 Å². The van der Waals surface area contributed by atoms with Crippen molar-refractivity contribution in [2.24, 2.45) is 0 Å². The molecule has 0 radical (unpaired) electrons. The average Bonchev–Trinajstić information content (AvgIpc) is 3.04. The van der Waals surface area contributed by atoms with Crippen LogP contribution in [0.3, 0.4) is 0 Å². The Bertz CT molecular complexity index is 840. The van der Waals surface area contributed by atoms with Crippen LogP contribution in [0.1, 0.15) is 43.6 Å². The number of nitrogens with one attached hydrogen (secondary N) is 1. The van der Waals surface area contributed by atoms with Crippen molar-refractivity contribution < 1.29 is 23.2 Å². The van der Waals surface area contributed by atoms with Gasteiger partial charge in [-0.15, -0.1) is 0 Å². The third kappa shape index (κ3) is 3.09. The first-order valence-electron chi connectivity index (χ1n) is 8.07. The highest BCUT2D eigenvalue weighted by atomic mass is 19.1. The van der Waals surface area contributed by atoms with Crippen molar-refractivity contribution in [3.05, 3.63) is 41.2 Å². The van der Waals surface area contributed by atoms with Crippen LogP contribution in [-0.2, 0) is 14.0 Å². The summed E-state index contributed by atoms with van der Waals surface area (Å²) in [6.45, 7) is 7.48. The molecule has 1 aliphatic heterocycles. The Kier molecular flexibility index (Phi) is 4.25. The third-order valence-electron chi connectivity index (χ3n) is 4.91. The molecule has 0 bridgehead atoms. The van der Waals surface area contributed by atoms with Crippen molar-refractivity contribution in [1.82, 2.24) is 4.98 Å². The van der Waals surface area contributed by atoms with E-state index in [4.69, 9.17) is 14.0 Å². The number of benzene rings is 1. The zero-order chi connectivity index (χ0) is 18.4. The van der Waals surface area contributed by atoms with Crippen LogP contribution < -0.4 is 0 Å². The number of carbonyl (C=O) groups excluding carboxylic acids is 1. The van der Waals surface area contributed by atoms with E-state index in [-0.39, 0.29) is 0 Å². The van der Waals surface area contributed by atoms with E-state index in [2.05, 4.69) is 4.98 Å². The lowest BCUT2D eigenvalue weighted by atomic mass is 9.86. The van der Waals surface area contributed by atoms with Gasteiger partial charge in [0.1, 0.15) is 5.73 Å². The topological polar surface area (TPSA) is 60.6 Å². The highest BCUT2D eigenvalue weighted by Crippen LogP contribution is 2.39. The van der Waals surface area contributed by atoms with Gasteiger partial charge in [0.25, 0.3) is 0 Å². The molecule has 0 atom stereocenters. The third-order valence-corrected chi connectivity index (χ3v) is 4.91. The monoisotopic (exact) mass is 345 g/mol. The molecule has 1 aliphatic rings. The Labute approximate surface area is 146 Å². The van der Waals surface area contributed by atoms with Crippen LogP contribution in [0.25, 0.3) is 17.0 Å². The van der Waals surface area contributed by atoms with Crippen molar-refractivity contribution in [3.63, 3.8) is 0 Å². The van der Waals surface area contributed by atoms with Crippen LogP contribution in [0, 0.1) is 0 Å². The summed E-state index contributed by atoms with van der Waals surface area (Å²) in [6, 6.07) is 5.08. The number of fused-ring (bicyclic) bond motifs is 1. The van der Waals surface area contributed by atoms with Gasteiger partial charge in [-0.1, -0.05) is 0 Å². The van der Waals surface area contributed by atoms with E-state index in [9.17, 15) is 9.18 Å². The molecule has 7 heteroatoms. The first-order chi connectivity index (χ1) is 11.6. The molecule has 0 aliphatic carbocycles. The van der Waals surface area contributed by atoms with Gasteiger partial charge in [0, 0.05) is 22.7 Å². The number of rotatable bonds is 3. The number of aromatic amines is 1. The van der Waals surface area contributed by atoms with Crippen molar-refractivity contribution >= 4 is 30.1 Å². The molecule has 0 unspecified atom stereocenters. The Balaban J connectivity index is 1.94. The van der Waals surface area contributed by atoms with E-state index in [0.717, 1.165) is 10.9 Å². The van der Waals surface area contributed by atoms with E-state index in [1.165, 1.54) is 13.2 Å². The SMILES string of the molecule is COC(=O)c1ccc2[nH]cc(C=C(F)B3OC(C)(C)C(C)(C)O3)c2c1. The standard InChI is InChI=1S/C18H21BFNO4/c1-17(2)18(3,4)25-19(24-17)15(20)9-12-10-21-14-7-6-11(8-13(12)14)16(22)23-5/h6-10,21H,1-5H3. The number of methoxy groups -OCH3 is 1. The number of H-pyrrole nitrogens is 1. The van der Waals surface area contributed by atoms with Gasteiger partial charge in [0.05, 0.1) is 23.9 Å². The first-order valence-corrected chi connectivity index (χ1v) is 8.07. The molecule has 5 nitrogen and oxygen atoms in total. The summed E-state index contributed by atoms with van der Waals surface area (Å²) in [7, 11) is 0.265. The maximum absolute atomic E-state index is 14.7. The Morgan fingerprint density at radius 1 is 1.24 bits per heavy atom. The van der Waals surface area contributed by atoms with E-state index < -0.39 is 30.0 Å². The van der Waals surface area contributed by atoms with Crippen LogP contribution in [-0.4, -0.2) is 36.4 Å². The lowest BCUT2D eigenvalue weighted by molar-refractivity contribution is 0.00578. The van der Waals surface area contributed by atoms with Crippen LogP contribution in [0.5, 0.6) is 0 Å². The number of halogens is 1. The van der Waals surface area contributed by atoms with E-state index in [1.807, 2.05) is 27.7 Å². The highest BCUT2D eigenvalue weighted by Gasteiger charge is 2.53. The quantitative estimate of drug-likeness (QED) is 0.677. The fourth-order valence-electron chi connectivity index (χ4n) is 2.68. The molecule has 1 fully saturated rings. The Hall–Kier alpha value is -2.12. The lowest BCUT2D eigenvalue weighted by Crippen LogP contribution is -2.41. The number of hydrogen-bond acceptors (Lipinski definition) is 4. The van der Waals surface area contributed by atoms with Crippen molar-refractivity contribution in [2.45, 2.75) is 38.9 Å². The normalized spacial score (nSPS) is 19.4. The molecule has 2 aromatic rings. The van der Waals surface area contributed by atoms with Gasteiger partial charge in [-0.25, -0.2) is 9.18 Å². The summed E-state index contributed by atoms with van der Waals surface area (Å²) in [5.41, 5.74) is 0.0549. The zero-order valence-electron chi connectivity index (χ0n) is 15.0. The predicted molar refractivity (Wildman–Crippen MR) is 94.8 cm³/mol. The molecule has 1 aromatic carbocycles. The number of esters is 1. The lowest BCUT2D eigenvalue weighted by Gasteiger charge is -2.32. The van der Waals surface area contributed by atoms with Crippen LogP contribution in [0.2, 0.25) is 0 Å². The summed E-state index contributed by atoms with van der Waals surface area (Å²) in [4.78, 5) is 14.8. The van der Waals surface area contributed by atoms with Gasteiger partial charge in [0.15, 0.2) is 0 Å². The highest BCUT2D eigenvalue weighted by molar-refractivity contribution is 6.54.